The molecule has 0 saturated heterocycles. The minimum Gasteiger partial charge on any atom is -0.247 e. The lowest BCUT2D eigenvalue weighted by Crippen LogP contribution is -1.91. The Labute approximate surface area is 221 Å². The highest BCUT2D eigenvalue weighted by Crippen LogP contribution is 2.33. The van der Waals surface area contributed by atoms with Gasteiger partial charge in [-0.25, -0.2) is 4.98 Å². The summed E-state index contributed by atoms with van der Waals surface area (Å²) in [5, 5.41) is 20.4. The topological polar surface area (TPSA) is 60.5 Å². The number of nitriles is 2. The molecule has 0 amide bonds. The van der Waals surface area contributed by atoms with Gasteiger partial charge in [0.2, 0.25) is 0 Å². The molecule has 3 heteroatoms. The van der Waals surface area contributed by atoms with Gasteiger partial charge in [0, 0.05) is 16.5 Å². The van der Waals surface area contributed by atoms with Gasteiger partial charge in [-0.1, -0.05) is 97.1 Å². The molecule has 1 heterocycles. The Morgan fingerprint density at radius 2 is 0.868 bits per heavy atom. The van der Waals surface area contributed by atoms with Gasteiger partial charge in [0.15, 0.2) is 0 Å². The van der Waals surface area contributed by atoms with Crippen LogP contribution in [0.5, 0.6) is 0 Å². The Morgan fingerprint density at radius 1 is 0.447 bits per heavy atom. The molecule has 0 aliphatic rings. The largest absolute Gasteiger partial charge is 0.247 e. The van der Waals surface area contributed by atoms with Crippen LogP contribution in [0.1, 0.15) is 11.1 Å². The zero-order valence-corrected chi connectivity index (χ0v) is 20.5. The highest BCUT2D eigenvalue weighted by molar-refractivity contribution is 5.97. The number of hydrogen-bond acceptors (Lipinski definition) is 3. The van der Waals surface area contributed by atoms with Crippen LogP contribution in [0.4, 0.5) is 0 Å². The zero-order chi connectivity index (χ0) is 25.9. The molecule has 176 valence electrons. The Morgan fingerprint density at radius 3 is 1.37 bits per heavy atom. The van der Waals surface area contributed by atoms with Crippen molar-refractivity contribution in [3.8, 4) is 56.9 Å². The van der Waals surface area contributed by atoms with E-state index in [1.54, 1.807) is 0 Å². The molecular formula is C35H21N3. The highest BCUT2D eigenvalue weighted by atomic mass is 14.7. The third-order valence-electron chi connectivity index (χ3n) is 6.77. The average molecular weight is 484 g/mol. The van der Waals surface area contributed by atoms with Gasteiger partial charge in [-0.2, -0.15) is 10.5 Å². The summed E-state index contributed by atoms with van der Waals surface area (Å²) >= 11 is 0. The van der Waals surface area contributed by atoms with E-state index in [0.717, 1.165) is 55.5 Å². The molecule has 0 atom stereocenters. The summed E-state index contributed by atoms with van der Waals surface area (Å²) in [4.78, 5) is 5.12. The van der Waals surface area contributed by atoms with E-state index in [1.807, 2.05) is 54.6 Å². The van der Waals surface area contributed by atoms with Crippen molar-refractivity contribution in [3.05, 3.63) is 139 Å². The molecule has 38 heavy (non-hydrogen) atoms. The molecule has 0 unspecified atom stereocenters. The monoisotopic (exact) mass is 483 g/mol. The van der Waals surface area contributed by atoms with Crippen LogP contribution in [0.25, 0.3) is 55.5 Å². The fraction of sp³-hybridized carbons (Fsp3) is 0. The van der Waals surface area contributed by atoms with Gasteiger partial charge in [0.25, 0.3) is 0 Å². The second-order valence-electron chi connectivity index (χ2n) is 9.11. The summed E-state index contributed by atoms with van der Waals surface area (Å²) in [5.74, 6) is 0. The number of pyridine rings is 1. The predicted octanol–water partition coefficient (Wildman–Crippen LogP) is 8.65. The number of fused-ring (bicyclic) bond motifs is 1. The number of benzene rings is 5. The Hall–Kier alpha value is -5.51. The van der Waals surface area contributed by atoms with E-state index in [2.05, 4.69) is 84.9 Å². The van der Waals surface area contributed by atoms with Crippen molar-refractivity contribution in [2.24, 2.45) is 0 Å². The second kappa shape index (κ2) is 9.86. The first-order valence-corrected chi connectivity index (χ1v) is 12.3. The summed E-state index contributed by atoms with van der Waals surface area (Å²) in [7, 11) is 0. The van der Waals surface area contributed by atoms with Gasteiger partial charge in [0.1, 0.15) is 0 Å². The van der Waals surface area contributed by atoms with E-state index in [-0.39, 0.29) is 0 Å². The Bertz CT molecular complexity index is 1840. The normalized spacial score (nSPS) is 10.6. The first kappa shape index (κ1) is 22.9. The van der Waals surface area contributed by atoms with Gasteiger partial charge in [-0.15, -0.1) is 0 Å². The van der Waals surface area contributed by atoms with Gasteiger partial charge in [0.05, 0.1) is 34.7 Å². The van der Waals surface area contributed by atoms with Crippen LogP contribution in [0.15, 0.2) is 127 Å². The predicted molar refractivity (Wildman–Crippen MR) is 153 cm³/mol. The van der Waals surface area contributed by atoms with Crippen molar-refractivity contribution in [1.29, 1.82) is 10.5 Å². The number of nitrogens with zero attached hydrogens (tertiary/aromatic N) is 3. The van der Waals surface area contributed by atoms with E-state index in [1.165, 1.54) is 0 Å². The molecule has 0 radical (unpaired) electrons. The van der Waals surface area contributed by atoms with Crippen molar-refractivity contribution >= 4 is 10.8 Å². The lowest BCUT2D eigenvalue weighted by atomic mass is 9.97. The van der Waals surface area contributed by atoms with Crippen LogP contribution in [-0.2, 0) is 0 Å². The average Bonchev–Trinajstić information content (AvgIpc) is 3.01. The minimum atomic E-state index is 0.655. The number of hydrogen-bond donors (Lipinski definition) is 0. The Balaban J connectivity index is 1.37. The summed E-state index contributed by atoms with van der Waals surface area (Å²) in [6.07, 6.45) is 0. The third-order valence-corrected chi connectivity index (χ3v) is 6.77. The maximum absolute atomic E-state index is 9.07. The molecule has 5 aromatic carbocycles. The fourth-order valence-electron chi connectivity index (χ4n) is 4.70. The Kier molecular flexibility index (Phi) is 5.95. The van der Waals surface area contributed by atoms with Gasteiger partial charge >= 0.3 is 0 Å². The second-order valence-corrected chi connectivity index (χ2v) is 9.11. The summed E-state index contributed by atoms with van der Waals surface area (Å²) in [6, 6.07) is 46.9. The SMILES string of the molecule is N#Cc1ccc(-c2ccc(-c3cc4ccccc4c(-c4ccc(-c5ccc(C#N)cc5)cc4)n3)cc2)cc1. The molecule has 0 spiro atoms. The van der Waals surface area contributed by atoms with Crippen LogP contribution < -0.4 is 0 Å². The molecular weight excluding hydrogens is 462 g/mol. The van der Waals surface area contributed by atoms with Crippen LogP contribution in [-0.4, -0.2) is 4.98 Å². The van der Waals surface area contributed by atoms with Crippen LogP contribution >= 0.6 is 0 Å². The maximum atomic E-state index is 9.07. The molecule has 0 bridgehead atoms. The standard InChI is InChI=1S/C35H21N3/c36-22-24-5-9-26(10-6-24)28-13-17-30(18-14-28)34-21-32-3-1-2-4-33(32)35(38-34)31-19-15-29(16-20-31)27-11-7-25(23-37)8-12-27/h1-21H. The van der Waals surface area contributed by atoms with Crippen LogP contribution in [0, 0.1) is 22.7 Å². The lowest BCUT2D eigenvalue weighted by molar-refractivity contribution is 1.35. The van der Waals surface area contributed by atoms with E-state index in [0.29, 0.717) is 11.1 Å². The molecule has 6 aromatic rings. The van der Waals surface area contributed by atoms with Gasteiger partial charge in [-0.3, -0.25) is 0 Å². The molecule has 0 saturated carbocycles. The number of rotatable bonds is 4. The minimum absolute atomic E-state index is 0.655. The van der Waals surface area contributed by atoms with Crippen molar-refractivity contribution in [2.75, 3.05) is 0 Å². The summed E-state index contributed by atoms with van der Waals surface area (Å²) < 4.78 is 0. The molecule has 6 rings (SSSR count). The first-order chi connectivity index (χ1) is 18.7. The van der Waals surface area contributed by atoms with Crippen molar-refractivity contribution in [2.45, 2.75) is 0 Å². The molecule has 1 aromatic heterocycles. The quantitative estimate of drug-likeness (QED) is 0.252. The molecule has 0 N–H and O–H groups in total. The van der Waals surface area contributed by atoms with E-state index < -0.39 is 0 Å². The fourth-order valence-corrected chi connectivity index (χ4v) is 4.70. The highest BCUT2D eigenvalue weighted by Gasteiger charge is 2.11. The van der Waals surface area contributed by atoms with Crippen LogP contribution in [0.2, 0.25) is 0 Å². The van der Waals surface area contributed by atoms with Crippen molar-refractivity contribution in [1.82, 2.24) is 4.98 Å². The summed E-state index contributed by atoms with van der Waals surface area (Å²) in [5.41, 5.74) is 9.61. The lowest BCUT2D eigenvalue weighted by Gasteiger charge is -2.12. The number of aromatic nitrogens is 1. The summed E-state index contributed by atoms with van der Waals surface area (Å²) in [6.45, 7) is 0. The molecule has 0 fully saturated rings. The smallest absolute Gasteiger partial charge is 0.0991 e. The van der Waals surface area contributed by atoms with Crippen molar-refractivity contribution in [3.63, 3.8) is 0 Å². The van der Waals surface area contributed by atoms with Gasteiger partial charge in [-0.05, 0) is 58.0 Å². The van der Waals surface area contributed by atoms with Gasteiger partial charge < -0.3 is 0 Å². The molecule has 0 aliphatic carbocycles. The van der Waals surface area contributed by atoms with Crippen LogP contribution in [0.3, 0.4) is 0 Å². The first-order valence-electron chi connectivity index (χ1n) is 12.3. The van der Waals surface area contributed by atoms with E-state index in [9.17, 15) is 0 Å². The van der Waals surface area contributed by atoms with E-state index in [4.69, 9.17) is 15.5 Å². The van der Waals surface area contributed by atoms with Crippen molar-refractivity contribution < 1.29 is 0 Å². The molecule has 3 nitrogen and oxygen atoms in total. The maximum Gasteiger partial charge on any atom is 0.0991 e. The zero-order valence-electron chi connectivity index (χ0n) is 20.5. The molecule has 0 aliphatic heterocycles. The van der Waals surface area contributed by atoms with E-state index >= 15 is 0 Å². The third kappa shape index (κ3) is 4.42.